The summed E-state index contributed by atoms with van der Waals surface area (Å²) < 4.78 is 15.9. The second-order valence-electron chi connectivity index (χ2n) is 7.43. The van der Waals surface area contributed by atoms with Gasteiger partial charge in [-0.1, -0.05) is 58.3 Å². The molecule has 8 nitrogen and oxygen atoms in total. The van der Waals surface area contributed by atoms with Gasteiger partial charge in [-0.25, -0.2) is 0 Å². The number of esters is 1. The molecular formula is C21H42O8. The predicted octanol–water partition coefficient (Wildman–Crippen LogP) is 1.56. The summed E-state index contributed by atoms with van der Waals surface area (Å²) in [7, 11) is 0. The van der Waals surface area contributed by atoms with Gasteiger partial charge < -0.3 is 34.6 Å². The topological polar surface area (TPSA) is 126 Å². The van der Waals surface area contributed by atoms with Crippen LogP contribution >= 0.6 is 0 Å². The van der Waals surface area contributed by atoms with E-state index in [9.17, 15) is 15.0 Å². The molecule has 0 unspecified atom stereocenters. The van der Waals surface area contributed by atoms with Gasteiger partial charge in [0.05, 0.1) is 33.0 Å². The van der Waals surface area contributed by atoms with Gasteiger partial charge in [0.15, 0.2) is 0 Å². The highest BCUT2D eigenvalue weighted by atomic mass is 16.6. The number of carbonyl (C=O) groups excluding carboxylic acids is 1. The van der Waals surface area contributed by atoms with Gasteiger partial charge in [-0.3, -0.25) is 4.79 Å². The summed E-state index contributed by atoms with van der Waals surface area (Å²) in [5, 5.41) is 36.3. The summed E-state index contributed by atoms with van der Waals surface area (Å²) in [6, 6.07) is 0. The standard InChI is InChI=1S/C21H42O8/c1-2-3-4-5-6-7-8-9-10-11-21(26)29-17-20(28-15-19(25)13-23)16-27-14-18(24)12-22/h18-20,22-25H,2-17H2,1H3/t18-,19+,20+/m1/s1. The molecule has 0 fully saturated rings. The first-order valence-corrected chi connectivity index (χ1v) is 11.0. The third-order valence-corrected chi connectivity index (χ3v) is 4.47. The van der Waals surface area contributed by atoms with Crippen LogP contribution in [0.2, 0.25) is 0 Å². The van der Waals surface area contributed by atoms with E-state index in [0.717, 1.165) is 19.3 Å². The Hall–Kier alpha value is -0.770. The molecule has 0 aliphatic heterocycles. The molecule has 0 radical (unpaired) electrons. The number of aliphatic hydroxyl groups is 4. The van der Waals surface area contributed by atoms with Gasteiger partial charge in [0.1, 0.15) is 24.9 Å². The maximum Gasteiger partial charge on any atom is 0.305 e. The molecule has 0 saturated carbocycles. The molecule has 0 aliphatic rings. The minimum Gasteiger partial charge on any atom is -0.463 e. The van der Waals surface area contributed by atoms with E-state index in [4.69, 9.17) is 24.4 Å². The van der Waals surface area contributed by atoms with Gasteiger partial charge in [0.2, 0.25) is 0 Å². The van der Waals surface area contributed by atoms with E-state index >= 15 is 0 Å². The third kappa shape index (κ3) is 19.0. The van der Waals surface area contributed by atoms with Crippen molar-refractivity contribution >= 4 is 5.97 Å². The summed E-state index contributed by atoms with van der Waals surface area (Å²) in [6.07, 6.45) is 8.26. The van der Waals surface area contributed by atoms with Crippen molar-refractivity contribution in [1.82, 2.24) is 0 Å². The number of ether oxygens (including phenoxy) is 3. The molecule has 174 valence electrons. The van der Waals surface area contributed by atoms with Crippen LogP contribution in [0.5, 0.6) is 0 Å². The lowest BCUT2D eigenvalue weighted by atomic mass is 10.1. The Morgan fingerprint density at radius 3 is 1.90 bits per heavy atom. The van der Waals surface area contributed by atoms with Crippen molar-refractivity contribution < 1.29 is 39.4 Å². The number of unbranched alkanes of at least 4 members (excludes halogenated alkanes) is 8. The molecule has 0 saturated heterocycles. The van der Waals surface area contributed by atoms with Crippen LogP contribution in [0.3, 0.4) is 0 Å². The predicted molar refractivity (Wildman–Crippen MR) is 110 cm³/mol. The second-order valence-corrected chi connectivity index (χ2v) is 7.43. The van der Waals surface area contributed by atoms with E-state index < -0.39 is 31.5 Å². The number of hydrogen-bond donors (Lipinski definition) is 4. The van der Waals surface area contributed by atoms with E-state index in [1.165, 1.54) is 38.5 Å². The molecule has 29 heavy (non-hydrogen) atoms. The Bertz CT molecular complexity index is 367. The molecular weight excluding hydrogens is 380 g/mol. The quantitative estimate of drug-likeness (QED) is 0.162. The third-order valence-electron chi connectivity index (χ3n) is 4.47. The molecule has 3 atom stereocenters. The molecule has 0 amide bonds. The zero-order valence-corrected chi connectivity index (χ0v) is 18.0. The Balaban J connectivity index is 3.91. The van der Waals surface area contributed by atoms with Gasteiger partial charge in [-0.15, -0.1) is 0 Å². The van der Waals surface area contributed by atoms with E-state index in [0.29, 0.717) is 6.42 Å². The van der Waals surface area contributed by atoms with Gasteiger partial charge in [-0.05, 0) is 6.42 Å². The van der Waals surface area contributed by atoms with Crippen molar-refractivity contribution in [3.05, 3.63) is 0 Å². The highest BCUT2D eigenvalue weighted by Gasteiger charge is 2.16. The Morgan fingerprint density at radius 1 is 0.759 bits per heavy atom. The summed E-state index contributed by atoms with van der Waals surface area (Å²) in [5.41, 5.74) is 0. The Morgan fingerprint density at radius 2 is 1.31 bits per heavy atom. The molecule has 0 aromatic heterocycles. The highest BCUT2D eigenvalue weighted by Crippen LogP contribution is 2.11. The fourth-order valence-electron chi connectivity index (χ4n) is 2.67. The van der Waals surface area contributed by atoms with Crippen molar-refractivity contribution in [2.75, 3.05) is 39.6 Å². The summed E-state index contributed by atoms with van der Waals surface area (Å²) in [5.74, 6) is -0.306. The largest absolute Gasteiger partial charge is 0.463 e. The normalized spacial score (nSPS) is 14.5. The van der Waals surface area contributed by atoms with Crippen molar-refractivity contribution in [2.45, 2.75) is 89.4 Å². The van der Waals surface area contributed by atoms with Crippen LogP contribution in [-0.4, -0.2) is 84.3 Å². The van der Waals surface area contributed by atoms with Crippen LogP contribution in [0, 0.1) is 0 Å². The molecule has 0 spiro atoms. The average Bonchev–Trinajstić information content (AvgIpc) is 2.73. The second kappa shape index (κ2) is 20.5. The number of rotatable bonds is 21. The monoisotopic (exact) mass is 422 g/mol. The van der Waals surface area contributed by atoms with Crippen LogP contribution in [-0.2, 0) is 19.0 Å². The Labute approximate surface area is 175 Å². The van der Waals surface area contributed by atoms with E-state index in [2.05, 4.69) is 6.92 Å². The maximum atomic E-state index is 11.9. The smallest absolute Gasteiger partial charge is 0.305 e. The lowest BCUT2D eigenvalue weighted by Gasteiger charge is -2.20. The van der Waals surface area contributed by atoms with Crippen molar-refractivity contribution in [3.63, 3.8) is 0 Å². The molecule has 0 aromatic carbocycles. The zero-order chi connectivity index (χ0) is 21.7. The van der Waals surface area contributed by atoms with Crippen molar-refractivity contribution in [2.24, 2.45) is 0 Å². The van der Waals surface area contributed by atoms with E-state index in [1.807, 2.05) is 0 Å². The van der Waals surface area contributed by atoms with Gasteiger partial charge >= 0.3 is 5.97 Å². The minimum absolute atomic E-state index is 0.0283. The van der Waals surface area contributed by atoms with Crippen molar-refractivity contribution in [1.29, 1.82) is 0 Å². The minimum atomic E-state index is -1.03. The Kier molecular flexibility index (Phi) is 20.0. The van der Waals surface area contributed by atoms with Crippen molar-refractivity contribution in [3.8, 4) is 0 Å². The van der Waals surface area contributed by atoms with E-state index in [-0.39, 0.29) is 32.4 Å². The summed E-state index contributed by atoms with van der Waals surface area (Å²) in [4.78, 5) is 11.9. The van der Waals surface area contributed by atoms with E-state index in [1.54, 1.807) is 0 Å². The number of carbonyl (C=O) groups is 1. The molecule has 0 heterocycles. The zero-order valence-electron chi connectivity index (χ0n) is 18.0. The van der Waals surface area contributed by atoms with Gasteiger partial charge in [-0.2, -0.15) is 0 Å². The molecule has 0 bridgehead atoms. The molecule has 0 aliphatic carbocycles. The molecule has 0 aromatic rings. The fourth-order valence-corrected chi connectivity index (χ4v) is 2.67. The first kappa shape index (κ1) is 28.2. The fraction of sp³-hybridized carbons (Fsp3) is 0.952. The van der Waals surface area contributed by atoms with Crippen LogP contribution in [0.1, 0.15) is 71.1 Å². The lowest BCUT2D eigenvalue weighted by molar-refractivity contribution is -0.152. The number of aliphatic hydroxyl groups excluding tert-OH is 4. The lowest BCUT2D eigenvalue weighted by Crippen LogP contribution is -2.33. The molecule has 4 N–H and O–H groups in total. The van der Waals surface area contributed by atoms with Crippen LogP contribution in [0.15, 0.2) is 0 Å². The van der Waals surface area contributed by atoms with Gasteiger partial charge in [0, 0.05) is 6.42 Å². The van der Waals surface area contributed by atoms with Crippen LogP contribution in [0.25, 0.3) is 0 Å². The highest BCUT2D eigenvalue weighted by molar-refractivity contribution is 5.69. The molecule has 0 rings (SSSR count). The SMILES string of the molecule is CCCCCCCCCCCC(=O)OC[C@H](COC[C@H](O)CO)OC[C@@H](O)CO. The first-order valence-electron chi connectivity index (χ1n) is 11.0. The molecule has 8 heteroatoms. The maximum absolute atomic E-state index is 11.9. The average molecular weight is 423 g/mol. The summed E-state index contributed by atoms with van der Waals surface area (Å²) >= 11 is 0. The first-order chi connectivity index (χ1) is 14.0. The number of hydrogen-bond acceptors (Lipinski definition) is 8. The van der Waals surface area contributed by atoms with Crippen LogP contribution in [0.4, 0.5) is 0 Å². The van der Waals surface area contributed by atoms with Crippen LogP contribution < -0.4 is 0 Å². The van der Waals surface area contributed by atoms with Gasteiger partial charge in [0.25, 0.3) is 0 Å². The summed E-state index contributed by atoms with van der Waals surface area (Å²) in [6.45, 7) is 1.15.